The zero-order valence-electron chi connectivity index (χ0n) is 8.54. The summed E-state index contributed by atoms with van der Waals surface area (Å²) in [6.07, 6.45) is 0. The van der Waals surface area contributed by atoms with Crippen molar-refractivity contribution in [2.75, 3.05) is 12.0 Å². The van der Waals surface area contributed by atoms with Crippen LogP contribution in [-0.2, 0) is 9.53 Å². The summed E-state index contributed by atoms with van der Waals surface area (Å²) < 4.78 is 5.78. The molecule has 0 spiro atoms. The van der Waals surface area contributed by atoms with E-state index >= 15 is 0 Å². The summed E-state index contributed by atoms with van der Waals surface area (Å²) in [5.41, 5.74) is 3.42. The molecular formula is C10H10ClIN2O2. The van der Waals surface area contributed by atoms with Gasteiger partial charge in [0.25, 0.3) is 0 Å². The van der Waals surface area contributed by atoms with Crippen molar-refractivity contribution in [3.63, 3.8) is 0 Å². The Morgan fingerprint density at radius 3 is 2.69 bits per heavy atom. The van der Waals surface area contributed by atoms with E-state index in [4.69, 9.17) is 11.6 Å². The molecule has 86 valence electrons. The number of nitrogens with zero attached hydrogens (tertiary/aromatic N) is 1. The van der Waals surface area contributed by atoms with Gasteiger partial charge < -0.3 is 4.74 Å². The number of carbonyl (C=O) groups is 1. The third kappa shape index (κ3) is 4.36. The molecule has 0 saturated heterocycles. The summed E-state index contributed by atoms with van der Waals surface area (Å²) in [7, 11) is 0. The van der Waals surface area contributed by atoms with Crippen LogP contribution in [0.15, 0.2) is 29.4 Å². The van der Waals surface area contributed by atoms with Crippen molar-refractivity contribution in [3.8, 4) is 0 Å². The molecule has 6 heteroatoms. The fraction of sp³-hybridized carbons (Fsp3) is 0.200. The van der Waals surface area contributed by atoms with Gasteiger partial charge in [-0.05, 0) is 53.8 Å². The minimum absolute atomic E-state index is 0.222. The standard InChI is InChI=1S/C10H10ClIN2O2/c1-2-16-10(15)9(11)14-13-8-5-3-7(12)4-6-8/h3-6,13H,2H2,1H3/b14-9-. The first kappa shape index (κ1) is 13.2. The lowest BCUT2D eigenvalue weighted by atomic mass is 10.3. The third-order valence-corrected chi connectivity index (χ3v) is 2.53. The molecule has 0 atom stereocenters. The molecular weight excluding hydrogens is 342 g/mol. The lowest BCUT2D eigenvalue weighted by Gasteiger charge is -2.01. The minimum Gasteiger partial charge on any atom is -0.461 e. The van der Waals surface area contributed by atoms with Crippen molar-refractivity contribution in [2.45, 2.75) is 6.92 Å². The molecule has 0 saturated carbocycles. The molecule has 1 aromatic rings. The molecule has 0 radical (unpaired) electrons. The maximum atomic E-state index is 11.1. The van der Waals surface area contributed by atoms with Crippen molar-refractivity contribution in [1.29, 1.82) is 0 Å². The number of ether oxygens (including phenoxy) is 1. The molecule has 0 aliphatic carbocycles. The van der Waals surface area contributed by atoms with Crippen LogP contribution in [0.3, 0.4) is 0 Å². The predicted molar refractivity (Wildman–Crippen MR) is 72.7 cm³/mol. The van der Waals surface area contributed by atoms with E-state index in [-0.39, 0.29) is 11.8 Å². The largest absolute Gasteiger partial charge is 0.461 e. The first-order valence-electron chi connectivity index (χ1n) is 4.55. The van der Waals surface area contributed by atoms with Crippen LogP contribution in [0.2, 0.25) is 0 Å². The molecule has 1 N–H and O–H groups in total. The fourth-order valence-electron chi connectivity index (χ4n) is 0.874. The highest BCUT2D eigenvalue weighted by Crippen LogP contribution is 2.11. The molecule has 0 aromatic heterocycles. The van der Waals surface area contributed by atoms with Gasteiger partial charge in [0.05, 0.1) is 12.3 Å². The molecule has 0 unspecified atom stereocenters. The summed E-state index contributed by atoms with van der Waals surface area (Å²) in [6.45, 7) is 1.97. The monoisotopic (exact) mass is 352 g/mol. The number of benzene rings is 1. The quantitative estimate of drug-likeness (QED) is 0.392. The van der Waals surface area contributed by atoms with Gasteiger partial charge in [0.1, 0.15) is 0 Å². The Bertz CT molecular complexity index is 392. The van der Waals surface area contributed by atoms with Gasteiger partial charge in [-0.2, -0.15) is 5.10 Å². The third-order valence-electron chi connectivity index (χ3n) is 1.57. The van der Waals surface area contributed by atoms with Gasteiger partial charge in [0.15, 0.2) is 0 Å². The topological polar surface area (TPSA) is 50.7 Å². The first-order chi connectivity index (χ1) is 7.63. The van der Waals surface area contributed by atoms with E-state index in [1.54, 1.807) is 6.92 Å². The lowest BCUT2D eigenvalue weighted by Crippen LogP contribution is -2.13. The van der Waals surface area contributed by atoms with Gasteiger partial charge in [-0.3, -0.25) is 5.43 Å². The number of hydrazone groups is 1. The maximum Gasteiger partial charge on any atom is 0.370 e. The van der Waals surface area contributed by atoms with Crippen LogP contribution in [0.25, 0.3) is 0 Å². The summed E-state index contributed by atoms with van der Waals surface area (Å²) >= 11 is 7.80. The Labute approximate surface area is 112 Å². The van der Waals surface area contributed by atoms with Crippen LogP contribution in [0, 0.1) is 3.57 Å². The smallest absolute Gasteiger partial charge is 0.370 e. The van der Waals surface area contributed by atoms with Crippen LogP contribution in [0.1, 0.15) is 6.92 Å². The van der Waals surface area contributed by atoms with Gasteiger partial charge in [-0.15, -0.1) is 0 Å². The van der Waals surface area contributed by atoms with E-state index in [2.05, 4.69) is 37.9 Å². The zero-order chi connectivity index (χ0) is 12.0. The van der Waals surface area contributed by atoms with E-state index in [1.165, 1.54) is 0 Å². The second-order valence-corrected chi connectivity index (χ2v) is 4.35. The SMILES string of the molecule is CCOC(=O)/C(Cl)=N/Nc1ccc(I)cc1. The number of esters is 1. The minimum atomic E-state index is -0.637. The molecule has 16 heavy (non-hydrogen) atoms. The van der Waals surface area contributed by atoms with Gasteiger partial charge in [0, 0.05) is 3.57 Å². The molecule has 0 heterocycles. The number of halogens is 2. The van der Waals surface area contributed by atoms with E-state index in [0.29, 0.717) is 0 Å². The van der Waals surface area contributed by atoms with Crippen molar-refractivity contribution in [3.05, 3.63) is 27.8 Å². The average molecular weight is 353 g/mol. The second-order valence-electron chi connectivity index (χ2n) is 2.74. The molecule has 4 nitrogen and oxygen atoms in total. The van der Waals surface area contributed by atoms with Crippen LogP contribution >= 0.6 is 34.2 Å². The summed E-state index contributed by atoms with van der Waals surface area (Å²) in [5, 5.41) is 3.48. The summed E-state index contributed by atoms with van der Waals surface area (Å²) in [4.78, 5) is 11.1. The van der Waals surface area contributed by atoms with Crippen molar-refractivity contribution >= 4 is 51.0 Å². The van der Waals surface area contributed by atoms with E-state index in [1.807, 2.05) is 24.3 Å². The number of carbonyl (C=O) groups excluding carboxylic acids is 1. The zero-order valence-corrected chi connectivity index (χ0v) is 11.4. The van der Waals surface area contributed by atoms with Crippen LogP contribution in [0.4, 0.5) is 5.69 Å². The van der Waals surface area contributed by atoms with Gasteiger partial charge in [-0.1, -0.05) is 11.6 Å². The highest BCUT2D eigenvalue weighted by atomic mass is 127. The van der Waals surface area contributed by atoms with E-state index in [9.17, 15) is 4.79 Å². The van der Waals surface area contributed by atoms with E-state index < -0.39 is 5.97 Å². The van der Waals surface area contributed by atoms with Crippen molar-refractivity contribution in [2.24, 2.45) is 5.10 Å². The molecule has 0 fully saturated rings. The Kier molecular flexibility index (Phi) is 5.54. The summed E-state index contributed by atoms with van der Waals surface area (Å²) in [5.74, 6) is -0.637. The summed E-state index contributed by atoms with van der Waals surface area (Å²) in [6, 6.07) is 7.49. The highest BCUT2D eigenvalue weighted by molar-refractivity contribution is 14.1. The average Bonchev–Trinajstić information content (AvgIpc) is 2.28. The first-order valence-corrected chi connectivity index (χ1v) is 6.01. The molecule has 0 amide bonds. The number of anilines is 1. The normalized spacial score (nSPS) is 11.1. The molecule has 1 rings (SSSR count). The highest BCUT2D eigenvalue weighted by Gasteiger charge is 2.08. The van der Waals surface area contributed by atoms with Crippen molar-refractivity contribution in [1.82, 2.24) is 0 Å². The molecule has 0 bridgehead atoms. The number of hydrogen-bond acceptors (Lipinski definition) is 4. The van der Waals surface area contributed by atoms with Gasteiger partial charge in [0.2, 0.25) is 5.17 Å². The Morgan fingerprint density at radius 2 is 2.12 bits per heavy atom. The van der Waals surface area contributed by atoms with Crippen LogP contribution < -0.4 is 5.43 Å². The Hall–Kier alpha value is -0.820. The van der Waals surface area contributed by atoms with Crippen molar-refractivity contribution < 1.29 is 9.53 Å². The lowest BCUT2D eigenvalue weighted by molar-refractivity contribution is -0.134. The van der Waals surface area contributed by atoms with Crippen LogP contribution in [0.5, 0.6) is 0 Å². The molecule has 1 aromatic carbocycles. The number of rotatable bonds is 4. The fourth-order valence-corrected chi connectivity index (χ4v) is 1.33. The van der Waals surface area contributed by atoms with E-state index in [0.717, 1.165) is 9.26 Å². The number of nitrogens with one attached hydrogen (secondary N) is 1. The Balaban J connectivity index is 2.58. The maximum absolute atomic E-state index is 11.1. The molecule has 0 aliphatic rings. The Morgan fingerprint density at radius 1 is 1.50 bits per heavy atom. The van der Waals surface area contributed by atoms with Crippen LogP contribution in [-0.4, -0.2) is 17.7 Å². The van der Waals surface area contributed by atoms with Gasteiger partial charge >= 0.3 is 5.97 Å². The second kappa shape index (κ2) is 6.70. The number of hydrogen-bond donors (Lipinski definition) is 1. The van der Waals surface area contributed by atoms with Gasteiger partial charge in [-0.25, -0.2) is 4.79 Å². The molecule has 0 aliphatic heterocycles. The predicted octanol–water partition coefficient (Wildman–Crippen LogP) is 2.82.